The highest BCUT2D eigenvalue weighted by Crippen LogP contribution is 2.21. The van der Waals surface area contributed by atoms with Crippen molar-refractivity contribution in [1.82, 2.24) is 20.0 Å². The van der Waals surface area contributed by atoms with E-state index >= 15 is 0 Å². The number of aryl methyl sites for hydroxylation is 1. The van der Waals surface area contributed by atoms with Gasteiger partial charge in [0, 0.05) is 51.7 Å². The van der Waals surface area contributed by atoms with Gasteiger partial charge in [0.2, 0.25) is 0 Å². The average molecular weight is 451 g/mol. The van der Waals surface area contributed by atoms with Crippen LogP contribution in [0.1, 0.15) is 31.9 Å². The SMILES string of the molecule is CCNC(=NCCCOCC)N1CCOC(c2cnn(C)c2)C1.I. The number of ether oxygens (including phenoxy) is 2. The zero-order chi connectivity index (χ0) is 16.5. The lowest BCUT2D eigenvalue weighted by Gasteiger charge is -2.34. The molecule has 1 aromatic heterocycles. The van der Waals surface area contributed by atoms with Crippen molar-refractivity contribution < 1.29 is 9.47 Å². The number of halogens is 1. The molecule has 1 N–H and O–H groups in total. The molecule has 138 valence electrons. The summed E-state index contributed by atoms with van der Waals surface area (Å²) in [6.07, 6.45) is 4.88. The van der Waals surface area contributed by atoms with Gasteiger partial charge in [-0.25, -0.2) is 0 Å². The minimum Gasteiger partial charge on any atom is -0.382 e. The van der Waals surface area contributed by atoms with Gasteiger partial charge < -0.3 is 19.7 Å². The average Bonchev–Trinajstić information content (AvgIpc) is 3.00. The Bertz CT molecular complexity index is 495. The summed E-state index contributed by atoms with van der Waals surface area (Å²) in [6, 6.07) is 0. The number of rotatable bonds is 7. The molecule has 0 aliphatic carbocycles. The molecule has 1 saturated heterocycles. The molecule has 2 heterocycles. The zero-order valence-corrected chi connectivity index (χ0v) is 17.2. The van der Waals surface area contributed by atoms with E-state index in [0.717, 1.165) is 57.3 Å². The van der Waals surface area contributed by atoms with Crippen LogP contribution in [0.4, 0.5) is 0 Å². The van der Waals surface area contributed by atoms with Gasteiger partial charge in [0.15, 0.2) is 5.96 Å². The third-order valence-corrected chi connectivity index (χ3v) is 3.71. The maximum atomic E-state index is 5.90. The number of hydrogen-bond acceptors (Lipinski definition) is 4. The molecule has 1 aliphatic heterocycles. The molecule has 1 unspecified atom stereocenters. The van der Waals surface area contributed by atoms with Crippen molar-refractivity contribution in [2.75, 3.05) is 46.0 Å². The predicted octanol–water partition coefficient (Wildman–Crippen LogP) is 1.80. The van der Waals surface area contributed by atoms with E-state index in [2.05, 4.69) is 22.2 Å². The first-order valence-electron chi connectivity index (χ1n) is 8.45. The number of hydrogen-bond donors (Lipinski definition) is 1. The molecule has 1 atom stereocenters. The van der Waals surface area contributed by atoms with Crippen LogP contribution in [0.3, 0.4) is 0 Å². The smallest absolute Gasteiger partial charge is 0.194 e. The molecule has 1 aromatic rings. The molecule has 0 aromatic carbocycles. The molecule has 0 radical (unpaired) electrons. The lowest BCUT2D eigenvalue weighted by molar-refractivity contribution is -0.00805. The van der Waals surface area contributed by atoms with E-state index in [-0.39, 0.29) is 30.1 Å². The van der Waals surface area contributed by atoms with Crippen LogP contribution in [-0.2, 0) is 16.5 Å². The minimum absolute atomic E-state index is 0. The van der Waals surface area contributed by atoms with Crippen molar-refractivity contribution in [1.29, 1.82) is 0 Å². The summed E-state index contributed by atoms with van der Waals surface area (Å²) in [4.78, 5) is 6.99. The molecule has 0 amide bonds. The number of morpholine rings is 1. The molecule has 1 fully saturated rings. The van der Waals surface area contributed by atoms with E-state index in [1.165, 1.54) is 0 Å². The Morgan fingerprint density at radius 2 is 2.33 bits per heavy atom. The molecule has 24 heavy (non-hydrogen) atoms. The summed E-state index contributed by atoms with van der Waals surface area (Å²) in [5.41, 5.74) is 1.12. The highest BCUT2D eigenvalue weighted by atomic mass is 127. The largest absolute Gasteiger partial charge is 0.382 e. The number of aliphatic imine (C=N–C) groups is 1. The summed E-state index contributed by atoms with van der Waals surface area (Å²) in [6.45, 7) is 9.62. The Morgan fingerprint density at radius 3 is 3.00 bits per heavy atom. The van der Waals surface area contributed by atoms with Gasteiger partial charge in [0.1, 0.15) is 6.10 Å². The number of nitrogens with zero attached hydrogens (tertiary/aromatic N) is 4. The van der Waals surface area contributed by atoms with E-state index in [4.69, 9.17) is 14.5 Å². The minimum atomic E-state index is 0. The fourth-order valence-electron chi connectivity index (χ4n) is 2.57. The topological polar surface area (TPSA) is 63.9 Å². The van der Waals surface area contributed by atoms with E-state index in [1.807, 2.05) is 31.0 Å². The van der Waals surface area contributed by atoms with Crippen LogP contribution < -0.4 is 5.32 Å². The second-order valence-electron chi connectivity index (χ2n) is 5.54. The Morgan fingerprint density at radius 1 is 1.50 bits per heavy atom. The van der Waals surface area contributed by atoms with Gasteiger partial charge in [0.05, 0.1) is 19.3 Å². The fraction of sp³-hybridized carbons (Fsp3) is 0.750. The molecule has 0 spiro atoms. The molecule has 1 aliphatic rings. The summed E-state index contributed by atoms with van der Waals surface area (Å²) in [5.74, 6) is 0.959. The Labute approximate surface area is 161 Å². The lowest BCUT2D eigenvalue weighted by Crippen LogP contribution is -2.48. The van der Waals surface area contributed by atoms with Crippen LogP contribution in [-0.4, -0.2) is 66.6 Å². The van der Waals surface area contributed by atoms with E-state index in [9.17, 15) is 0 Å². The number of aromatic nitrogens is 2. The molecule has 0 bridgehead atoms. The van der Waals surface area contributed by atoms with Crippen LogP contribution >= 0.6 is 24.0 Å². The summed E-state index contributed by atoms with van der Waals surface area (Å²) < 4.78 is 13.1. The second kappa shape index (κ2) is 11.6. The molecule has 7 nitrogen and oxygen atoms in total. The highest BCUT2D eigenvalue weighted by molar-refractivity contribution is 14.0. The fourth-order valence-corrected chi connectivity index (χ4v) is 2.57. The highest BCUT2D eigenvalue weighted by Gasteiger charge is 2.25. The van der Waals surface area contributed by atoms with Crippen molar-refractivity contribution >= 4 is 29.9 Å². The van der Waals surface area contributed by atoms with Crippen molar-refractivity contribution in [2.24, 2.45) is 12.0 Å². The van der Waals surface area contributed by atoms with Gasteiger partial charge >= 0.3 is 0 Å². The van der Waals surface area contributed by atoms with Crippen LogP contribution in [0.15, 0.2) is 17.4 Å². The van der Waals surface area contributed by atoms with Crippen molar-refractivity contribution in [3.05, 3.63) is 18.0 Å². The normalized spacial score (nSPS) is 18.4. The van der Waals surface area contributed by atoms with Crippen LogP contribution in [0, 0.1) is 0 Å². The summed E-state index contributed by atoms with van der Waals surface area (Å²) >= 11 is 0. The second-order valence-corrected chi connectivity index (χ2v) is 5.54. The van der Waals surface area contributed by atoms with Gasteiger partial charge in [-0.1, -0.05) is 0 Å². The quantitative estimate of drug-likeness (QED) is 0.297. The van der Waals surface area contributed by atoms with Gasteiger partial charge in [-0.3, -0.25) is 9.67 Å². The Hall–Kier alpha value is -0.870. The number of nitrogens with one attached hydrogen (secondary N) is 1. The van der Waals surface area contributed by atoms with Crippen LogP contribution in [0.2, 0.25) is 0 Å². The standard InChI is InChI=1S/C16H29N5O2.HI/c1-4-17-16(18-7-6-9-22-5-2)21-8-10-23-15(13-21)14-11-19-20(3)12-14;/h11-12,15H,4-10,13H2,1-3H3,(H,17,18);1H. The van der Waals surface area contributed by atoms with E-state index < -0.39 is 0 Å². The van der Waals surface area contributed by atoms with Crippen LogP contribution in [0.25, 0.3) is 0 Å². The van der Waals surface area contributed by atoms with E-state index in [1.54, 1.807) is 0 Å². The van der Waals surface area contributed by atoms with Crippen molar-refractivity contribution in [2.45, 2.75) is 26.4 Å². The first kappa shape index (κ1) is 21.2. The predicted molar refractivity (Wildman–Crippen MR) is 106 cm³/mol. The van der Waals surface area contributed by atoms with Crippen molar-refractivity contribution in [3.63, 3.8) is 0 Å². The van der Waals surface area contributed by atoms with Gasteiger partial charge in [0.25, 0.3) is 0 Å². The first-order chi connectivity index (χ1) is 11.2. The maximum absolute atomic E-state index is 5.90. The number of guanidine groups is 1. The van der Waals surface area contributed by atoms with Crippen molar-refractivity contribution in [3.8, 4) is 0 Å². The summed E-state index contributed by atoms with van der Waals surface area (Å²) in [7, 11) is 1.92. The molecular formula is C16H30IN5O2. The van der Waals surface area contributed by atoms with Gasteiger partial charge in [-0.2, -0.15) is 5.10 Å². The van der Waals surface area contributed by atoms with Crippen LogP contribution in [0.5, 0.6) is 0 Å². The summed E-state index contributed by atoms with van der Waals surface area (Å²) in [5, 5.41) is 7.61. The zero-order valence-electron chi connectivity index (χ0n) is 14.9. The Balaban J connectivity index is 0.00000288. The van der Waals surface area contributed by atoms with Gasteiger partial charge in [-0.15, -0.1) is 24.0 Å². The lowest BCUT2D eigenvalue weighted by atomic mass is 10.1. The molecule has 0 saturated carbocycles. The maximum Gasteiger partial charge on any atom is 0.194 e. The molecule has 8 heteroatoms. The third kappa shape index (κ3) is 6.56. The molecule has 2 rings (SSSR count). The van der Waals surface area contributed by atoms with Gasteiger partial charge in [-0.05, 0) is 20.3 Å². The van der Waals surface area contributed by atoms with E-state index in [0.29, 0.717) is 6.61 Å². The third-order valence-electron chi connectivity index (χ3n) is 3.71. The molecular weight excluding hydrogens is 421 g/mol. The monoisotopic (exact) mass is 451 g/mol. The first-order valence-corrected chi connectivity index (χ1v) is 8.45. The Kier molecular flexibility index (Phi) is 10.3.